The average Bonchev–Trinajstić information content (AvgIpc) is 2.69. The number of fused-ring (bicyclic) bond motifs is 1. The van der Waals surface area contributed by atoms with Gasteiger partial charge < -0.3 is 4.74 Å². The normalized spacial score (nSPS) is 12.7. The second-order valence-corrected chi connectivity index (χ2v) is 8.67. The molecule has 1 atom stereocenters. The van der Waals surface area contributed by atoms with Crippen molar-refractivity contribution in [2.45, 2.75) is 24.9 Å². The van der Waals surface area contributed by atoms with Crippen molar-refractivity contribution >= 4 is 43.3 Å². The van der Waals surface area contributed by atoms with Crippen LogP contribution in [0.25, 0.3) is 10.9 Å². The molecule has 1 N–H and O–H groups in total. The second kappa shape index (κ2) is 8.76. The van der Waals surface area contributed by atoms with E-state index in [4.69, 9.17) is 4.74 Å². The number of nitrogens with one attached hydrogen (secondary N) is 1. The van der Waals surface area contributed by atoms with E-state index in [1.54, 1.807) is 32.0 Å². The standard InChI is InChI=1S/C19H17BrF3N3O3S/c1-3-29-12-5-6-16(30(28)4-2)15(9-12)25-26-10-24-17-13(18(26)27)7-11(8-14(17)20)19(21,22)23/h5-10,25H,3-4H2,1-2H3. The summed E-state index contributed by atoms with van der Waals surface area (Å²) in [7, 11) is -1.35. The lowest BCUT2D eigenvalue weighted by atomic mass is 10.1. The number of halogens is 4. The molecule has 1 aromatic heterocycles. The van der Waals surface area contributed by atoms with Gasteiger partial charge >= 0.3 is 6.18 Å². The van der Waals surface area contributed by atoms with Crippen LogP contribution in [0.2, 0.25) is 0 Å². The molecule has 6 nitrogen and oxygen atoms in total. The van der Waals surface area contributed by atoms with Crippen LogP contribution in [0.4, 0.5) is 18.9 Å². The van der Waals surface area contributed by atoms with Crippen molar-refractivity contribution in [1.29, 1.82) is 0 Å². The predicted molar refractivity (Wildman–Crippen MR) is 112 cm³/mol. The Hall–Kier alpha value is -2.40. The Morgan fingerprint density at radius 2 is 1.97 bits per heavy atom. The van der Waals surface area contributed by atoms with E-state index >= 15 is 0 Å². The number of aromatic nitrogens is 2. The number of nitrogens with zero attached hydrogens (tertiary/aromatic N) is 2. The smallest absolute Gasteiger partial charge is 0.416 e. The fourth-order valence-electron chi connectivity index (χ4n) is 2.77. The molecule has 0 saturated carbocycles. The Morgan fingerprint density at radius 3 is 2.60 bits per heavy atom. The van der Waals surface area contributed by atoms with Gasteiger partial charge in [0.2, 0.25) is 0 Å². The lowest BCUT2D eigenvalue weighted by Gasteiger charge is -2.15. The summed E-state index contributed by atoms with van der Waals surface area (Å²) < 4.78 is 58.3. The van der Waals surface area contributed by atoms with Crippen molar-refractivity contribution in [3.8, 4) is 5.75 Å². The highest BCUT2D eigenvalue weighted by atomic mass is 79.9. The van der Waals surface area contributed by atoms with Gasteiger partial charge in [-0.15, -0.1) is 0 Å². The molecule has 1 heterocycles. The zero-order valence-corrected chi connectivity index (χ0v) is 18.3. The molecule has 3 aromatic rings. The van der Waals surface area contributed by atoms with Gasteiger partial charge in [0.25, 0.3) is 5.56 Å². The number of alkyl halides is 3. The Labute approximate surface area is 180 Å². The molecule has 2 aromatic carbocycles. The third-order valence-electron chi connectivity index (χ3n) is 4.15. The van der Waals surface area contributed by atoms with E-state index < -0.39 is 28.1 Å². The zero-order chi connectivity index (χ0) is 22.1. The minimum absolute atomic E-state index is 0.0580. The number of hydrogen-bond acceptors (Lipinski definition) is 5. The molecule has 0 bridgehead atoms. The summed E-state index contributed by atoms with van der Waals surface area (Å²) in [5, 5.41) is -0.217. The lowest BCUT2D eigenvalue weighted by Crippen LogP contribution is -2.27. The number of rotatable bonds is 6. The van der Waals surface area contributed by atoms with Gasteiger partial charge in [-0.25, -0.2) is 9.66 Å². The Bertz CT molecular complexity index is 1180. The molecule has 30 heavy (non-hydrogen) atoms. The summed E-state index contributed by atoms with van der Waals surface area (Å²) in [5.41, 5.74) is 1.53. The minimum atomic E-state index is -4.62. The Kier molecular flexibility index (Phi) is 6.51. The molecule has 3 rings (SSSR count). The summed E-state index contributed by atoms with van der Waals surface area (Å²) in [6.07, 6.45) is -3.46. The highest BCUT2D eigenvalue weighted by Crippen LogP contribution is 2.34. The zero-order valence-electron chi connectivity index (χ0n) is 15.9. The Balaban J connectivity index is 2.14. The van der Waals surface area contributed by atoms with Crippen LogP contribution >= 0.6 is 15.9 Å². The molecule has 0 aliphatic heterocycles. The van der Waals surface area contributed by atoms with Crippen LogP contribution in [0.3, 0.4) is 0 Å². The summed E-state index contributed by atoms with van der Waals surface area (Å²) in [4.78, 5) is 17.4. The first kappa shape index (κ1) is 22.3. The van der Waals surface area contributed by atoms with E-state index in [9.17, 15) is 22.2 Å². The maximum atomic E-state index is 13.2. The minimum Gasteiger partial charge on any atom is -0.494 e. The quantitative estimate of drug-likeness (QED) is 0.532. The first-order valence-corrected chi connectivity index (χ1v) is 11.0. The first-order chi connectivity index (χ1) is 14.2. The number of ether oxygens (including phenoxy) is 1. The summed E-state index contributed by atoms with van der Waals surface area (Å²) in [6.45, 7) is 3.96. The van der Waals surface area contributed by atoms with Gasteiger partial charge in [0.05, 0.1) is 44.5 Å². The van der Waals surface area contributed by atoms with Crippen LogP contribution in [0.5, 0.6) is 5.75 Å². The van der Waals surface area contributed by atoms with Crippen LogP contribution in [-0.4, -0.2) is 26.2 Å². The molecule has 11 heteroatoms. The average molecular weight is 504 g/mol. The number of hydrogen-bond donors (Lipinski definition) is 1. The van der Waals surface area contributed by atoms with E-state index in [0.29, 0.717) is 28.7 Å². The van der Waals surface area contributed by atoms with E-state index in [0.717, 1.165) is 23.1 Å². The van der Waals surface area contributed by atoms with Gasteiger partial charge in [-0.2, -0.15) is 13.2 Å². The van der Waals surface area contributed by atoms with Crippen molar-refractivity contribution in [2.24, 2.45) is 0 Å². The topological polar surface area (TPSA) is 73.2 Å². The van der Waals surface area contributed by atoms with Gasteiger partial charge in [-0.05, 0) is 47.1 Å². The lowest BCUT2D eigenvalue weighted by molar-refractivity contribution is -0.137. The maximum absolute atomic E-state index is 13.2. The first-order valence-electron chi connectivity index (χ1n) is 8.86. The van der Waals surface area contributed by atoms with Crippen molar-refractivity contribution < 1.29 is 22.1 Å². The van der Waals surface area contributed by atoms with Crippen LogP contribution in [0.15, 0.2) is 50.8 Å². The van der Waals surface area contributed by atoms with E-state index in [-0.39, 0.29) is 15.4 Å². The summed E-state index contributed by atoms with van der Waals surface area (Å²) >= 11 is 3.04. The number of benzene rings is 2. The van der Waals surface area contributed by atoms with Crippen LogP contribution in [-0.2, 0) is 17.0 Å². The van der Waals surface area contributed by atoms with Crippen molar-refractivity contribution in [3.05, 3.63) is 57.0 Å². The molecule has 0 aliphatic carbocycles. The Morgan fingerprint density at radius 1 is 1.23 bits per heavy atom. The van der Waals surface area contributed by atoms with E-state index in [1.807, 2.05) is 0 Å². The number of anilines is 1. The molecule has 1 unspecified atom stereocenters. The fraction of sp³-hybridized carbons (Fsp3) is 0.263. The third kappa shape index (κ3) is 4.51. The molecule has 0 radical (unpaired) electrons. The maximum Gasteiger partial charge on any atom is 0.416 e. The molecule has 0 fully saturated rings. The molecule has 0 amide bonds. The van der Waals surface area contributed by atoms with Gasteiger partial charge in [-0.3, -0.25) is 14.4 Å². The summed E-state index contributed by atoms with van der Waals surface area (Å²) in [5.74, 6) is 0.829. The monoisotopic (exact) mass is 503 g/mol. The van der Waals surface area contributed by atoms with Gasteiger partial charge in [0, 0.05) is 16.3 Å². The second-order valence-electron chi connectivity index (χ2n) is 6.11. The fourth-order valence-corrected chi connectivity index (χ4v) is 4.21. The van der Waals surface area contributed by atoms with E-state index in [1.165, 1.54) is 0 Å². The van der Waals surface area contributed by atoms with Gasteiger partial charge in [0.15, 0.2) is 0 Å². The SMILES string of the molecule is CCOc1ccc(S(=O)CC)c(Nn2cnc3c(Br)cc(C(F)(F)F)cc3c2=O)c1. The predicted octanol–water partition coefficient (Wildman–Crippen LogP) is 4.58. The summed E-state index contributed by atoms with van der Waals surface area (Å²) in [6, 6.07) is 6.48. The molecule has 0 spiro atoms. The highest BCUT2D eigenvalue weighted by Gasteiger charge is 2.31. The van der Waals surface area contributed by atoms with Crippen molar-refractivity contribution in [1.82, 2.24) is 9.66 Å². The molecule has 0 aliphatic rings. The molecular formula is C19H17BrF3N3O3S. The van der Waals surface area contributed by atoms with Crippen LogP contribution in [0, 0.1) is 0 Å². The van der Waals surface area contributed by atoms with Gasteiger partial charge in [0.1, 0.15) is 12.1 Å². The van der Waals surface area contributed by atoms with Crippen molar-refractivity contribution in [2.75, 3.05) is 17.8 Å². The van der Waals surface area contributed by atoms with E-state index in [2.05, 4.69) is 26.3 Å². The van der Waals surface area contributed by atoms with Crippen LogP contribution < -0.4 is 15.7 Å². The van der Waals surface area contributed by atoms with Crippen LogP contribution in [0.1, 0.15) is 19.4 Å². The third-order valence-corrected chi connectivity index (χ3v) is 6.13. The highest BCUT2D eigenvalue weighted by molar-refractivity contribution is 9.10. The van der Waals surface area contributed by atoms with Crippen molar-refractivity contribution in [3.63, 3.8) is 0 Å². The molecular weight excluding hydrogens is 487 g/mol. The molecule has 0 saturated heterocycles. The largest absolute Gasteiger partial charge is 0.494 e. The van der Waals surface area contributed by atoms with Gasteiger partial charge in [-0.1, -0.05) is 6.92 Å². The molecule has 160 valence electrons.